The van der Waals surface area contributed by atoms with Crippen molar-refractivity contribution < 1.29 is 0 Å². The van der Waals surface area contributed by atoms with Crippen molar-refractivity contribution >= 4 is 10.8 Å². The first-order chi connectivity index (χ1) is 6.83. The molecule has 0 amide bonds. The van der Waals surface area contributed by atoms with E-state index in [-0.39, 0.29) is 0 Å². The van der Waals surface area contributed by atoms with Gasteiger partial charge in [-0.25, -0.2) is 0 Å². The van der Waals surface area contributed by atoms with Gasteiger partial charge in [0.2, 0.25) is 0 Å². The minimum absolute atomic E-state index is 0.541. The summed E-state index contributed by atoms with van der Waals surface area (Å²) in [6, 6.07) is 15.3. The molecule has 2 rings (SSSR count). The van der Waals surface area contributed by atoms with Crippen LogP contribution in [0.3, 0.4) is 0 Å². The third kappa shape index (κ3) is 1.34. The maximum Gasteiger partial charge on any atom is 0.119 e. The summed E-state index contributed by atoms with van der Waals surface area (Å²) < 4.78 is 0. The summed E-state index contributed by atoms with van der Waals surface area (Å²) in [6.07, 6.45) is 0. The number of rotatable bonds is 1. The Morgan fingerprint density at radius 3 is 2.57 bits per heavy atom. The minimum Gasteiger partial charge on any atom is -0.312 e. The van der Waals surface area contributed by atoms with E-state index >= 15 is 0 Å². The van der Waals surface area contributed by atoms with Gasteiger partial charge in [0.1, 0.15) is 6.04 Å². The van der Waals surface area contributed by atoms with Crippen molar-refractivity contribution in [3.63, 3.8) is 0 Å². The Hall–Kier alpha value is -1.85. The van der Waals surface area contributed by atoms with Gasteiger partial charge in [-0.3, -0.25) is 0 Å². The van der Waals surface area contributed by atoms with Gasteiger partial charge in [0, 0.05) is 0 Å². The lowest BCUT2D eigenvalue weighted by Crippen LogP contribution is -2.07. The molecule has 0 saturated heterocycles. The number of hydrogen-bond acceptors (Lipinski definition) is 2. The van der Waals surface area contributed by atoms with Gasteiger partial charge in [-0.1, -0.05) is 42.5 Å². The number of nitriles is 1. The molecule has 0 aliphatic rings. The lowest BCUT2D eigenvalue weighted by Gasteiger charge is -2.07. The van der Waals surface area contributed by atoms with Crippen molar-refractivity contribution in [1.29, 1.82) is 5.26 Å². The molecule has 2 aromatic carbocycles. The standard InChI is InChI=1S/C12H10N2/c13-8-12(14)11-7-3-5-9-4-1-2-6-10(9)11/h1-7,12H,14H2/t12-/m0/s1. The second kappa shape index (κ2) is 3.49. The first-order valence-electron chi connectivity index (χ1n) is 4.46. The van der Waals surface area contributed by atoms with Crippen LogP contribution < -0.4 is 5.73 Å². The Morgan fingerprint density at radius 1 is 1.07 bits per heavy atom. The predicted molar refractivity (Wildman–Crippen MR) is 56.5 cm³/mol. The lowest BCUT2D eigenvalue weighted by molar-refractivity contribution is 0.937. The fourth-order valence-electron chi connectivity index (χ4n) is 1.59. The molecule has 0 unspecified atom stereocenters. The summed E-state index contributed by atoms with van der Waals surface area (Å²) in [6.45, 7) is 0. The van der Waals surface area contributed by atoms with E-state index in [1.165, 1.54) is 0 Å². The molecule has 0 spiro atoms. The molecule has 1 atom stereocenters. The number of hydrogen-bond donors (Lipinski definition) is 1. The Kier molecular flexibility index (Phi) is 2.18. The summed E-state index contributed by atoms with van der Waals surface area (Å²) in [5.74, 6) is 0. The summed E-state index contributed by atoms with van der Waals surface area (Å²) in [4.78, 5) is 0. The van der Waals surface area contributed by atoms with E-state index in [2.05, 4.69) is 6.07 Å². The van der Waals surface area contributed by atoms with Crippen LogP contribution in [0.2, 0.25) is 0 Å². The smallest absolute Gasteiger partial charge is 0.119 e. The minimum atomic E-state index is -0.541. The first-order valence-corrected chi connectivity index (χ1v) is 4.46. The zero-order valence-corrected chi connectivity index (χ0v) is 7.64. The third-order valence-corrected chi connectivity index (χ3v) is 2.30. The van der Waals surface area contributed by atoms with Crippen LogP contribution in [-0.2, 0) is 0 Å². The second-order valence-corrected chi connectivity index (χ2v) is 3.18. The molecule has 0 heterocycles. The molecule has 14 heavy (non-hydrogen) atoms. The van der Waals surface area contributed by atoms with E-state index in [4.69, 9.17) is 11.0 Å². The lowest BCUT2D eigenvalue weighted by atomic mass is 10.0. The molecule has 2 nitrogen and oxygen atoms in total. The van der Waals surface area contributed by atoms with Gasteiger partial charge < -0.3 is 5.73 Å². The molecule has 0 bridgehead atoms. The van der Waals surface area contributed by atoms with Gasteiger partial charge >= 0.3 is 0 Å². The number of nitrogens with two attached hydrogens (primary N) is 1. The molecule has 0 aliphatic carbocycles. The maximum atomic E-state index is 8.77. The van der Waals surface area contributed by atoms with Gasteiger partial charge in [0.15, 0.2) is 0 Å². The van der Waals surface area contributed by atoms with Crippen LogP contribution in [-0.4, -0.2) is 0 Å². The van der Waals surface area contributed by atoms with Crippen molar-refractivity contribution in [2.45, 2.75) is 6.04 Å². The Bertz CT molecular complexity index is 492. The van der Waals surface area contributed by atoms with Gasteiger partial charge in [-0.15, -0.1) is 0 Å². The molecule has 0 aliphatic heterocycles. The fourth-order valence-corrected chi connectivity index (χ4v) is 1.59. The predicted octanol–water partition coefficient (Wildman–Crippen LogP) is 2.36. The van der Waals surface area contributed by atoms with E-state index in [1.54, 1.807) is 0 Å². The van der Waals surface area contributed by atoms with Crippen molar-refractivity contribution in [2.24, 2.45) is 5.73 Å². The molecular weight excluding hydrogens is 172 g/mol. The second-order valence-electron chi connectivity index (χ2n) is 3.18. The summed E-state index contributed by atoms with van der Waals surface area (Å²) in [7, 11) is 0. The third-order valence-electron chi connectivity index (χ3n) is 2.30. The van der Waals surface area contributed by atoms with Crippen molar-refractivity contribution in [2.75, 3.05) is 0 Å². The van der Waals surface area contributed by atoms with E-state index < -0.39 is 6.04 Å². The molecule has 68 valence electrons. The van der Waals surface area contributed by atoms with E-state index in [1.807, 2.05) is 42.5 Å². The molecular formula is C12H10N2. The topological polar surface area (TPSA) is 49.8 Å². The van der Waals surface area contributed by atoms with Crippen molar-refractivity contribution in [1.82, 2.24) is 0 Å². The number of benzene rings is 2. The molecule has 0 saturated carbocycles. The van der Waals surface area contributed by atoms with Crippen LogP contribution >= 0.6 is 0 Å². The monoisotopic (exact) mass is 182 g/mol. The van der Waals surface area contributed by atoms with Crippen LogP contribution in [0.5, 0.6) is 0 Å². The van der Waals surface area contributed by atoms with E-state index in [0.717, 1.165) is 16.3 Å². The quantitative estimate of drug-likeness (QED) is 0.736. The van der Waals surface area contributed by atoms with Gasteiger partial charge in [0.05, 0.1) is 6.07 Å². The highest BCUT2D eigenvalue weighted by Crippen LogP contribution is 2.22. The van der Waals surface area contributed by atoms with Crippen molar-refractivity contribution in [3.05, 3.63) is 48.0 Å². The van der Waals surface area contributed by atoms with E-state index in [0.29, 0.717) is 0 Å². The molecule has 2 N–H and O–H groups in total. The molecule has 0 aromatic heterocycles. The van der Waals surface area contributed by atoms with E-state index in [9.17, 15) is 0 Å². The largest absolute Gasteiger partial charge is 0.312 e. The van der Waals surface area contributed by atoms with Crippen LogP contribution in [0.1, 0.15) is 11.6 Å². The summed E-state index contributed by atoms with van der Waals surface area (Å²) in [5.41, 5.74) is 6.59. The van der Waals surface area contributed by atoms with Gasteiger partial charge in [-0.05, 0) is 16.3 Å². The SMILES string of the molecule is N#C[C@H](N)c1cccc2ccccc12. The fraction of sp³-hybridized carbons (Fsp3) is 0.0833. The molecule has 0 fully saturated rings. The highest BCUT2D eigenvalue weighted by molar-refractivity contribution is 5.86. The van der Waals surface area contributed by atoms with Crippen LogP contribution in [0.15, 0.2) is 42.5 Å². The van der Waals surface area contributed by atoms with Gasteiger partial charge in [0.25, 0.3) is 0 Å². The Morgan fingerprint density at radius 2 is 1.79 bits per heavy atom. The molecule has 2 aromatic rings. The van der Waals surface area contributed by atoms with Crippen LogP contribution in [0.4, 0.5) is 0 Å². The Labute approximate surface area is 82.6 Å². The molecule has 2 heteroatoms. The average molecular weight is 182 g/mol. The highest BCUT2D eigenvalue weighted by Gasteiger charge is 2.07. The number of fused-ring (bicyclic) bond motifs is 1. The Balaban J connectivity index is 2.72. The van der Waals surface area contributed by atoms with Crippen LogP contribution in [0.25, 0.3) is 10.8 Å². The number of nitrogens with zero attached hydrogens (tertiary/aromatic N) is 1. The summed E-state index contributed by atoms with van der Waals surface area (Å²) in [5, 5.41) is 11.0. The van der Waals surface area contributed by atoms with Crippen LogP contribution in [0, 0.1) is 11.3 Å². The van der Waals surface area contributed by atoms with Crippen molar-refractivity contribution in [3.8, 4) is 6.07 Å². The molecule has 0 radical (unpaired) electrons. The maximum absolute atomic E-state index is 8.77. The average Bonchev–Trinajstić information content (AvgIpc) is 2.27. The summed E-state index contributed by atoms with van der Waals surface area (Å²) >= 11 is 0. The van der Waals surface area contributed by atoms with Gasteiger partial charge in [-0.2, -0.15) is 5.26 Å². The zero-order chi connectivity index (χ0) is 9.97. The normalized spacial score (nSPS) is 12.3. The first kappa shape index (κ1) is 8.74. The zero-order valence-electron chi connectivity index (χ0n) is 7.64. The highest BCUT2D eigenvalue weighted by atomic mass is 14.6.